The average molecular weight is 663 g/mol. The number of likely N-dealkylation sites (N-methyl/N-ethyl adjacent to an activating group) is 1. The second-order valence-electron chi connectivity index (χ2n) is 12.8. The van der Waals surface area contributed by atoms with Gasteiger partial charge in [-0.25, -0.2) is 0 Å². The van der Waals surface area contributed by atoms with Crippen molar-refractivity contribution in [3.8, 4) is 0 Å². The highest BCUT2D eigenvalue weighted by Crippen LogP contribution is 2.35. The molecule has 0 atom stereocenters. The molecule has 0 unspecified atom stereocenters. The molecule has 258 valence electrons. The summed E-state index contributed by atoms with van der Waals surface area (Å²) in [6, 6.07) is 9.43. The van der Waals surface area contributed by atoms with Crippen LogP contribution >= 0.6 is 0 Å². The van der Waals surface area contributed by atoms with E-state index in [9.17, 15) is 22.8 Å². The van der Waals surface area contributed by atoms with Gasteiger partial charge in [0.1, 0.15) is 0 Å². The number of benzene rings is 2. The number of rotatable bonds is 13. The van der Waals surface area contributed by atoms with Gasteiger partial charge in [-0.3, -0.25) is 19.5 Å². The molecule has 0 aromatic heterocycles. The van der Waals surface area contributed by atoms with E-state index >= 15 is 0 Å². The van der Waals surface area contributed by atoms with E-state index < -0.39 is 17.6 Å². The molecule has 1 fully saturated rings. The second-order valence-corrected chi connectivity index (χ2v) is 12.8. The minimum Gasteiger partial charge on any atom is -0.322 e. The first-order valence-electron chi connectivity index (χ1n) is 16.2. The van der Waals surface area contributed by atoms with E-state index in [-0.39, 0.29) is 26.4 Å². The first-order chi connectivity index (χ1) is 22.7. The summed E-state index contributed by atoms with van der Waals surface area (Å²) >= 11 is 0. The zero-order valence-corrected chi connectivity index (χ0v) is 28.2. The van der Waals surface area contributed by atoms with E-state index in [1.807, 2.05) is 37.1 Å². The lowest BCUT2D eigenvalue weighted by Crippen LogP contribution is -2.44. The van der Waals surface area contributed by atoms with Crippen LogP contribution in [-0.4, -0.2) is 60.4 Å². The molecule has 2 aromatic carbocycles. The largest absolute Gasteiger partial charge is 0.416 e. The minimum atomic E-state index is -4.53. The molecule has 9 heteroatoms. The van der Waals surface area contributed by atoms with Gasteiger partial charge in [0.05, 0.1) is 11.3 Å². The summed E-state index contributed by atoms with van der Waals surface area (Å²) in [6.45, 7) is 18.8. The maximum atomic E-state index is 14.0. The first-order valence-corrected chi connectivity index (χ1v) is 16.2. The molecule has 0 spiro atoms. The van der Waals surface area contributed by atoms with Crippen molar-refractivity contribution in [2.24, 2.45) is 4.99 Å². The van der Waals surface area contributed by atoms with Crippen molar-refractivity contribution in [3.05, 3.63) is 125 Å². The quantitative estimate of drug-likeness (QED) is 0.172. The van der Waals surface area contributed by atoms with E-state index in [0.29, 0.717) is 37.1 Å². The summed E-state index contributed by atoms with van der Waals surface area (Å²) in [4.78, 5) is 33.4. The van der Waals surface area contributed by atoms with E-state index in [1.165, 1.54) is 13.0 Å². The highest BCUT2D eigenvalue weighted by Gasteiger charge is 2.34. The molecule has 1 N–H and O–H groups in total. The summed E-state index contributed by atoms with van der Waals surface area (Å²) in [5, 5.41) is 2.66. The number of hydrogen-bond donors (Lipinski definition) is 1. The summed E-state index contributed by atoms with van der Waals surface area (Å²) in [6.07, 6.45) is 4.63. The van der Waals surface area contributed by atoms with Gasteiger partial charge in [-0.2, -0.15) is 13.2 Å². The Kier molecular flexibility index (Phi) is 12.3. The fourth-order valence-corrected chi connectivity index (χ4v) is 5.71. The van der Waals surface area contributed by atoms with Crippen LogP contribution in [0.25, 0.3) is 0 Å². The van der Waals surface area contributed by atoms with Crippen LogP contribution in [0, 0.1) is 6.92 Å². The third-order valence-corrected chi connectivity index (χ3v) is 8.83. The van der Waals surface area contributed by atoms with E-state index in [2.05, 4.69) is 34.9 Å². The van der Waals surface area contributed by atoms with Crippen LogP contribution in [-0.2, 0) is 23.9 Å². The SMILES string of the molecule is C=C(CCCc1ccc(C(=O)Nc2ccc(CN3CCN(C)CC3)c(C(F)(F)F)c2)cc1C)CC1=CN=C(CC(=C)C(C)=O)C(=C)C=C1.[HH].[HH]. The number of aliphatic imine (C=N–C) groups is 1. The molecule has 0 bridgehead atoms. The fraction of sp³-hybridized carbons (Fsp3) is 0.359. The monoisotopic (exact) mass is 662 g/mol. The number of piperazine rings is 1. The van der Waals surface area contributed by atoms with Crippen LogP contribution < -0.4 is 5.32 Å². The predicted molar refractivity (Wildman–Crippen MR) is 193 cm³/mol. The Hall–Kier alpha value is -4.34. The number of amides is 1. The topological polar surface area (TPSA) is 65.0 Å². The van der Waals surface area contributed by atoms with Gasteiger partial charge in [0, 0.05) is 59.4 Å². The molecular formula is C39H49F3N4O2. The number of hydrogen-bond acceptors (Lipinski definition) is 5. The molecule has 2 aliphatic heterocycles. The zero-order valence-electron chi connectivity index (χ0n) is 28.2. The number of nitrogens with zero attached hydrogens (tertiary/aromatic N) is 3. The van der Waals surface area contributed by atoms with Gasteiger partial charge >= 0.3 is 6.18 Å². The van der Waals surface area contributed by atoms with Gasteiger partial charge in [-0.1, -0.05) is 49.6 Å². The van der Waals surface area contributed by atoms with Gasteiger partial charge < -0.3 is 10.2 Å². The van der Waals surface area contributed by atoms with Crippen LogP contribution in [0.1, 0.15) is 68.1 Å². The van der Waals surface area contributed by atoms with Gasteiger partial charge in [0.25, 0.3) is 5.91 Å². The molecule has 6 nitrogen and oxygen atoms in total. The molecule has 48 heavy (non-hydrogen) atoms. The predicted octanol–water partition coefficient (Wildman–Crippen LogP) is 8.76. The molecule has 2 aromatic rings. The van der Waals surface area contributed by atoms with Crippen molar-refractivity contribution in [3.63, 3.8) is 0 Å². The number of ketones is 1. The second kappa shape index (κ2) is 16.2. The summed E-state index contributed by atoms with van der Waals surface area (Å²) in [5.74, 6) is -0.521. The fourth-order valence-electron chi connectivity index (χ4n) is 5.71. The standard InChI is InChI=1S/C39H45F3N4O2.2H2/c1-26(20-31-11-10-27(2)37(43-24-31)22-28(3)30(5)47)8-7-9-32-12-13-33(21-29(32)4)38(48)44-35-15-14-34(36(23-35)39(40,41)42)25-46-18-16-45(6)17-19-46;;/h10-15,21,23-24H,1-3,7-9,16-20,22,25H2,4-6H3,(H,44,48);2*1H. The average Bonchev–Trinajstić information content (AvgIpc) is 3.19. The molecular weight excluding hydrogens is 613 g/mol. The van der Waals surface area contributed by atoms with Crippen molar-refractivity contribution in [2.75, 3.05) is 38.5 Å². The Balaban J connectivity index is 0.00000433. The zero-order chi connectivity index (χ0) is 35.0. The number of nitrogens with one attached hydrogen (secondary N) is 1. The number of carbonyl (C=O) groups is 2. The number of anilines is 1. The van der Waals surface area contributed by atoms with Crippen LogP contribution in [0.3, 0.4) is 0 Å². The Morgan fingerprint density at radius 2 is 1.71 bits per heavy atom. The van der Waals surface area contributed by atoms with Crippen molar-refractivity contribution in [1.29, 1.82) is 0 Å². The van der Waals surface area contributed by atoms with Crippen molar-refractivity contribution in [2.45, 2.75) is 58.7 Å². The van der Waals surface area contributed by atoms with Crippen molar-refractivity contribution >= 4 is 23.1 Å². The minimum absolute atomic E-state index is 0. The lowest BCUT2D eigenvalue weighted by atomic mass is 9.96. The Labute approximate surface area is 285 Å². The lowest BCUT2D eigenvalue weighted by molar-refractivity contribution is -0.138. The van der Waals surface area contributed by atoms with E-state index in [4.69, 9.17) is 0 Å². The summed E-state index contributed by atoms with van der Waals surface area (Å²) in [7, 11) is 2.00. The highest BCUT2D eigenvalue weighted by molar-refractivity contribution is 6.08. The van der Waals surface area contributed by atoms with Gasteiger partial charge in [-0.15, -0.1) is 0 Å². The number of halogens is 3. The third-order valence-electron chi connectivity index (χ3n) is 8.83. The van der Waals surface area contributed by atoms with Crippen LogP contribution in [0.5, 0.6) is 0 Å². The number of alkyl halides is 3. The number of carbonyl (C=O) groups excluding carboxylic acids is 2. The molecule has 2 heterocycles. The van der Waals surface area contributed by atoms with Crippen LogP contribution in [0.15, 0.2) is 102 Å². The Morgan fingerprint density at radius 3 is 2.38 bits per heavy atom. The molecule has 2 aliphatic rings. The number of allylic oxidation sites excluding steroid dienone is 6. The van der Waals surface area contributed by atoms with Crippen LogP contribution in [0.2, 0.25) is 0 Å². The van der Waals surface area contributed by atoms with Crippen LogP contribution in [0.4, 0.5) is 18.9 Å². The lowest BCUT2D eigenvalue weighted by Gasteiger charge is -2.33. The van der Waals surface area contributed by atoms with Gasteiger partial charge in [-0.05, 0) is 104 Å². The number of aryl methyl sites for hydroxylation is 2. The maximum absolute atomic E-state index is 14.0. The molecule has 0 saturated carbocycles. The molecule has 0 radical (unpaired) electrons. The van der Waals surface area contributed by atoms with Crippen molar-refractivity contribution in [1.82, 2.24) is 9.80 Å². The summed E-state index contributed by atoms with van der Waals surface area (Å²) in [5.41, 5.74) is 6.04. The molecule has 1 saturated heterocycles. The number of Topliss-reactive ketones (excluding diaryl/α,β-unsaturated/α-hetero) is 1. The van der Waals surface area contributed by atoms with Gasteiger partial charge in [0.15, 0.2) is 5.78 Å². The molecule has 0 aliphatic carbocycles. The van der Waals surface area contributed by atoms with E-state index in [1.54, 1.807) is 24.4 Å². The summed E-state index contributed by atoms with van der Waals surface area (Å²) < 4.78 is 42.0. The molecule has 1 amide bonds. The highest BCUT2D eigenvalue weighted by atomic mass is 19.4. The smallest absolute Gasteiger partial charge is 0.322 e. The van der Waals surface area contributed by atoms with E-state index in [0.717, 1.165) is 72.0 Å². The first kappa shape index (κ1) is 36.5. The maximum Gasteiger partial charge on any atom is 0.416 e. The Bertz CT molecular complexity index is 1690. The normalized spacial score (nSPS) is 15.8. The Morgan fingerprint density at radius 1 is 1.00 bits per heavy atom. The third kappa shape index (κ3) is 10.3. The molecule has 4 rings (SSSR count). The van der Waals surface area contributed by atoms with Gasteiger partial charge in [0.2, 0.25) is 0 Å². The van der Waals surface area contributed by atoms with Crippen molar-refractivity contribution < 1.29 is 25.6 Å².